The number of hydrogen-bond acceptors (Lipinski definition) is 2. The van der Waals surface area contributed by atoms with E-state index in [4.69, 9.17) is 11.2 Å². The highest BCUT2D eigenvalue weighted by Crippen LogP contribution is 2.11. The second-order valence-electron chi connectivity index (χ2n) is 3.75. The van der Waals surface area contributed by atoms with Crippen LogP contribution in [0.5, 0.6) is 0 Å². The van der Waals surface area contributed by atoms with Crippen molar-refractivity contribution in [2.45, 2.75) is 0 Å². The van der Waals surface area contributed by atoms with Crippen LogP contribution in [0.4, 0.5) is 10.5 Å². The van der Waals surface area contributed by atoms with Gasteiger partial charge in [0.25, 0.3) is 0 Å². The lowest BCUT2D eigenvalue weighted by atomic mass is 10.2. The van der Waals surface area contributed by atoms with Crippen molar-refractivity contribution in [3.8, 4) is 12.3 Å². The van der Waals surface area contributed by atoms with Crippen LogP contribution in [0.1, 0.15) is 5.56 Å². The highest BCUT2D eigenvalue weighted by atomic mass is 16.5. The van der Waals surface area contributed by atoms with E-state index in [1.807, 2.05) is 18.2 Å². The number of urea groups is 1. The van der Waals surface area contributed by atoms with E-state index in [1.54, 1.807) is 11.0 Å². The van der Waals surface area contributed by atoms with Gasteiger partial charge in [0.2, 0.25) is 0 Å². The molecule has 1 aliphatic heterocycles. The second kappa shape index (κ2) is 5.37. The van der Waals surface area contributed by atoms with Gasteiger partial charge in [-0.2, -0.15) is 0 Å². The first-order valence-electron chi connectivity index (χ1n) is 5.50. The Morgan fingerprint density at radius 1 is 1.41 bits per heavy atom. The summed E-state index contributed by atoms with van der Waals surface area (Å²) in [6, 6.07) is 7.13. The maximum Gasteiger partial charge on any atom is 0.322 e. The van der Waals surface area contributed by atoms with Crippen LogP contribution in [-0.4, -0.2) is 37.2 Å². The SMILES string of the molecule is C#Cc1cccc(NC(=O)N2CCOCC2)c1. The van der Waals surface area contributed by atoms with Crippen molar-refractivity contribution >= 4 is 11.7 Å². The van der Waals surface area contributed by atoms with Crippen molar-refractivity contribution in [2.75, 3.05) is 31.6 Å². The maximum atomic E-state index is 11.9. The molecule has 2 amide bonds. The van der Waals surface area contributed by atoms with E-state index < -0.39 is 0 Å². The minimum absolute atomic E-state index is 0.109. The van der Waals surface area contributed by atoms with Crippen LogP contribution in [0.25, 0.3) is 0 Å². The van der Waals surface area contributed by atoms with Crippen LogP contribution >= 0.6 is 0 Å². The molecule has 0 aromatic heterocycles. The zero-order chi connectivity index (χ0) is 12.1. The largest absolute Gasteiger partial charge is 0.378 e. The van der Waals surface area contributed by atoms with Gasteiger partial charge in [-0.25, -0.2) is 4.79 Å². The fourth-order valence-corrected chi connectivity index (χ4v) is 1.66. The van der Waals surface area contributed by atoms with Crippen LogP contribution < -0.4 is 5.32 Å². The molecule has 1 aromatic rings. The molecule has 2 rings (SSSR count). The molecule has 0 atom stereocenters. The van der Waals surface area contributed by atoms with Crippen LogP contribution in [0.15, 0.2) is 24.3 Å². The summed E-state index contributed by atoms with van der Waals surface area (Å²) in [5, 5.41) is 2.82. The molecule has 1 aliphatic rings. The maximum absolute atomic E-state index is 11.9. The molecule has 1 heterocycles. The fraction of sp³-hybridized carbons (Fsp3) is 0.308. The molecule has 0 saturated carbocycles. The first-order chi connectivity index (χ1) is 8.29. The number of nitrogens with one attached hydrogen (secondary N) is 1. The third-order valence-electron chi connectivity index (χ3n) is 2.58. The summed E-state index contributed by atoms with van der Waals surface area (Å²) in [7, 11) is 0. The van der Waals surface area contributed by atoms with Crippen molar-refractivity contribution in [1.82, 2.24) is 4.90 Å². The van der Waals surface area contributed by atoms with Gasteiger partial charge in [-0.1, -0.05) is 12.0 Å². The number of rotatable bonds is 1. The molecular formula is C13H14N2O2. The first kappa shape index (κ1) is 11.5. The standard InChI is InChI=1S/C13H14N2O2/c1-2-11-4-3-5-12(10-11)14-13(16)15-6-8-17-9-7-15/h1,3-5,10H,6-9H2,(H,14,16). The average Bonchev–Trinajstić information content (AvgIpc) is 2.40. The number of carbonyl (C=O) groups is 1. The van der Waals surface area contributed by atoms with Crippen molar-refractivity contribution < 1.29 is 9.53 Å². The molecule has 0 spiro atoms. The monoisotopic (exact) mass is 230 g/mol. The topological polar surface area (TPSA) is 41.6 Å². The highest BCUT2D eigenvalue weighted by Gasteiger charge is 2.16. The average molecular weight is 230 g/mol. The van der Waals surface area contributed by atoms with Gasteiger partial charge in [0.05, 0.1) is 13.2 Å². The molecule has 17 heavy (non-hydrogen) atoms. The van der Waals surface area contributed by atoms with Crippen LogP contribution in [0.3, 0.4) is 0 Å². The number of morpholine rings is 1. The van der Waals surface area contributed by atoms with Gasteiger partial charge in [0.15, 0.2) is 0 Å². The van der Waals surface area contributed by atoms with Crippen LogP contribution in [0.2, 0.25) is 0 Å². The van der Waals surface area contributed by atoms with Crippen LogP contribution in [0, 0.1) is 12.3 Å². The molecular weight excluding hydrogens is 216 g/mol. The number of amides is 2. The van der Waals surface area contributed by atoms with E-state index in [9.17, 15) is 4.79 Å². The molecule has 1 fully saturated rings. The molecule has 4 heteroatoms. The van der Waals surface area contributed by atoms with Gasteiger partial charge in [-0.15, -0.1) is 6.42 Å². The van der Waals surface area contributed by atoms with Crippen molar-refractivity contribution in [1.29, 1.82) is 0 Å². The van der Waals surface area contributed by atoms with E-state index in [-0.39, 0.29) is 6.03 Å². The summed E-state index contributed by atoms with van der Waals surface area (Å²) < 4.78 is 5.19. The summed E-state index contributed by atoms with van der Waals surface area (Å²) in [6.45, 7) is 2.44. The number of anilines is 1. The molecule has 0 unspecified atom stereocenters. The first-order valence-corrected chi connectivity index (χ1v) is 5.50. The summed E-state index contributed by atoms with van der Waals surface area (Å²) >= 11 is 0. The Balaban J connectivity index is 1.99. The number of hydrogen-bond donors (Lipinski definition) is 1. The Bertz CT molecular complexity index is 445. The Hall–Kier alpha value is -1.99. The van der Waals surface area contributed by atoms with E-state index in [0.717, 1.165) is 11.3 Å². The Morgan fingerprint density at radius 2 is 2.18 bits per heavy atom. The fourth-order valence-electron chi connectivity index (χ4n) is 1.66. The van der Waals surface area contributed by atoms with Gasteiger partial charge in [-0.05, 0) is 18.2 Å². The van der Waals surface area contributed by atoms with Gasteiger partial charge in [-0.3, -0.25) is 0 Å². The Labute approximate surface area is 101 Å². The molecule has 1 saturated heterocycles. The third-order valence-corrected chi connectivity index (χ3v) is 2.58. The van der Waals surface area contributed by atoms with Crippen LogP contribution in [-0.2, 0) is 4.74 Å². The lowest BCUT2D eigenvalue weighted by molar-refractivity contribution is 0.0564. The molecule has 0 bridgehead atoms. The third kappa shape index (κ3) is 2.99. The summed E-state index contributed by atoms with van der Waals surface area (Å²) in [6.07, 6.45) is 5.30. The predicted octanol–water partition coefficient (Wildman–Crippen LogP) is 1.53. The quantitative estimate of drug-likeness (QED) is 0.743. The minimum atomic E-state index is -0.109. The lowest BCUT2D eigenvalue weighted by Crippen LogP contribution is -2.43. The number of benzene rings is 1. The second-order valence-corrected chi connectivity index (χ2v) is 3.75. The minimum Gasteiger partial charge on any atom is -0.378 e. The molecule has 1 aromatic carbocycles. The summed E-state index contributed by atoms with van der Waals surface area (Å²) in [5.74, 6) is 2.54. The van der Waals surface area contributed by atoms with Gasteiger partial charge in [0, 0.05) is 24.3 Å². The Morgan fingerprint density at radius 3 is 2.88 bits per heavy atom. The molecule has 88 valence electrons. The number of nitrogens with zero attached hydrogens (tertiary/aromatic N) is 1. The zero-order valence-corrected chi connectivity index (χ0v) is 9.48. The van der Waals surface area contributed by atoms with E-state index in [2.05, 4.69) is 11.2 Å². The number of terminal acetylenes is 1. The van der Waals surface area contributed by atoms with Gasteiger partial charge < -0.3 is 15.0 Å². The Kier molecular flexibility index (Phi) is 3.63. The smallest absolute Gasteiger partial charge is 0.322 e. The van der Waals surface area contributed by atoms with Crippen molar-refractivity contribution in [2.24, 2.45) is 0 Å². The van der Waals surface area contributed by atoms with Gasteiger partial charge in [0.1, 0.15) is 0 Å². The predicted molar refractivity (Wildman–Crippen MR) is 65.8 cm³/mol. The number of carbonyl (C=O) groups excluding carboxylic acids is 1. The van der Waals surface area contributed by atoms with Crippen molar-refractivity contribution in [3.05, 3.63) is 29.8 Å². The molecule has 0 aliphatic carbocycles. The molecule has 4 nitrogen and oxygen atoms in total. The zero-order valence-electron chi connectivity index (χ0n) is 9.48. The van der Waals surface area contributed by atoms with E-state index in [1.165, 1.54) is 0 Å². The molecule has 0 radical (unpaired) electrons. The van der Waals surface area contributed by atoms with E-state index >= 15 is 0 Å². The lowest BCUT2D eigenvalue weighted by Gasteiger charge is -2.26. The van der Waals surface area contributed by atoms with Gasteiger partial charge >= 0.3 is 6.03 Å². The van der Waals surface area contributed by atoms with Crippen molar-refractivity contribution in [3.63, 3.8) is 0 Å². The van der Waals surface area contributed by atoms with E-state index in [0.29, 0.717) is 26.3 Å². The normalized spacial score (nSPS) is 15.1. The summed E-state index contributed by atoms with van der Waals surface area (Å²) in [5.41, 5.74) is 1.47. The summed E-state index contributed by atoms with van der Waals surface area (Å²) in [4.78, 5) is 13.6. The molecule has 1 N–H and O–H groups in total. The number of ether oxygens (including phenoxy) is 1. The highest BCUT2D eigenvalue weighted by molar-refractivity contribution is 5.89.